The van der Waals surface area contributed by atoms with Crippen LogP contribution in [0.5, 0.6) is 5.75 Å². The Kier molecular flexibility index (Phi) is 6.53. The normalized spacial score (nSPS) is 11.6. The molecule has 0 bridgehead atoms. The highest BCUT2D eigenvalue weighted by Gasteiger charge is 2.18. The van der Waals surface area contributed by atoms with Crippen LogP contribution in [0.2, 0.25) is 0 Å². The summed E-state index contributed by atoms with van der Waals surface area (Å²) < 4.78 is 29.2. The zero-order chi connectivity index (χ0) is 21.8. The fourth-order valence-electron chi connectivity index (χ4n) is 2.33. The highest BCUT2D eigenvalue weighted by atomic mass is 32.2. The minimum atomic E-state index is -3.50. The lowest BCUT2D eigenvalue weighted by atomic mass is 10.1. The van der Waals surface area contributed by atoms with Gasteiger partial charge in [-0.05, 0) is 57.2 Å². The summed E-state index contributed by atoms with van der Waals surface area (Å²) in [6, 6.07) is 9.79. The van der Waals surface area contributed by atoms with Crippen LogP contribution < -0.4 is 10.6 Å². The zero-order valence-corrected chi connectivity index (χ0v) is 17.5. The number of hydrogen-bond acceptors (Lipinski definition) is 6. The number of phenols is 1. The Morgan fingerprint density at radius 3 is 2.38 bits per heavy atom. The van der Waals surface area contributed by atoms with E-state index in [1.165, 1.54) is 37.3 Å². The van der Waals surface area contributed by atoms with Crippen LogP contribution in [-0.2, 0) is 14.6 Å². The van der Waals surface area contributed by atoms with E-state index in [1.54, 1.807) is 32.9 Å². The van der Waals surface area contributed by atoms with E-state index in [0.717, 1.165) is 0 Å². The predicted molar refractivity (Wildman–Crippen MR) is 110 cm³/mol. The standard InChI is InChI=1S/C20H24N2O6S/c1-5-29(26,27)15-9-10-17(23)16(12-15)22-18(24)13-7-6-8-14(11-13)21-19(25)28-20(2,3)4/h6-12,23H,5H2,1-4H3,(H,21,25)(H,22,24). The molecule has 0 spiro atoms. The second-order valence-electron chi connectivity index (χ2n) is 7.24. The van der Waals surface area contributed by atoms with Crippen LogP contribution in [0.3, 0.4) is 0 Å². The van der Waals surface area contributed by atoms with Crippen molar-refractivity contribution in [3.05, 3.63) is 48.0 Å². The van der Waals surface area contributed by atoms with Crippen molar-refractivity contribution in [1.29, 1.82) is 0 Å². The van der Waals surface area contributed by atoms with Crippen molar-refractivity contribution in [2.75, 3.05) is 16.4 Å². The number of ether oxygens (including phenoxy) is 1. The molecule has 0 aliphatic rings. The summed E-state index contributed by atoms with van der Waals surface area (Å²) in [5.74, 6) is -0.959. The SMILES string of the molecule is CCS(=O)(=O)c1ccc(O)c(NC(=O)c2cccc(NC(=O)OC(C)(C)C)c2)c1. The number of anilines is 2. The van der Waals surface area contributed by atoms with Gasteiger partial charge in [-0.2, -0.15) is 0 Å². The molecule has 3 N–H and O–H groups in total. The molecule has 0 aromatic heterocycles. The van der Waals surface area contributed by atoms with Crippen LogP contribution in [0.25, 0.3) is 0 Å². The Bertz CT molecular complexity index is 1030. The Morgan fingerprint density at radius 2 is 1.76 bits per heavy atom. The topological polar surface area (TPSA) is 122 Å². The third-order valence-electron chi connectivity index (χ3n) is 3.73. The molecule has 0 saturated heterocycles. The molecule has 0 aliphatic heterocycles. The average molecular weight is 420 g/mol. The van der Waals surface area contributed by atoms with Gasteiger partial charge in [-0.25, -0.2) is 13.2 Å². The van der Waals surface area contributed by atoms with Gasteiger partial charge in [-0.1, -0.05) is 13.0 Å². The van der Waals surface area contributed by atoms with Gasteiger partial charge < -0.3 is 15.2 Å². The van der Waals surface area contributed by atoms with Gasteiger partial charge in [-0.15, -0.1) is 0 Å². The number of aromatic hydroxyl groups is 1. The number of nitrogens with one attached hydrogen (secondary N) is 2. The highest BCUT2D eigenvalue weighted by molar-refractivity contribution is 7.91. The molecule has 0 radical (unpaired) electrons. The van der Waals surface area contributed by atoms with E-state index < -0.39 is 27.4 Å². The number of rotatable bonds is 5. The maximum absolute atomic E-state index is 12.5. The van der Waals surface area contributed by atoms with E-state index in [-0.39, 0.29) is 27.6 Å². The van der Waals surface area contributed by atoms with E-state index in [1.807, 2.05) is 0 Å². The molecular formula is C20H24N2O6S. The predicted octanol–water partition coefficient (Wildman–Crippen LogP) is 3.79. The lowest BCUT2D eigenvalue weighted by molar-refractivity contribution is 0.0635. The molecule has 0 heterocycles. The first-order valence-electron chi connectivity index (χ1n) is 8.88. The molecule has 0 atom stereocenters. The number of hydrogen-bond donors (Lipinski definition) is 3. The minimum Gasteiger partial charge on any atom is -0.506 e. The molecule has 0 aliphatic carbocycles. The quantitative estimate of drug-likeness (QED) is 0.633. The van der Waals surface area contributed by atoms with Gasteiger partial charge in [0.1, 0.15) is 11.4 Å². The molecule has 0 saturated carbocycles. The molecule has 29 heavy (non-hydrogen) atoms. The van der Waals surface area contributed by atoms with E-state index in [9.17, 15) is 23.1 Å². The second kappa shape index (κ2) is 8.52. The fraction of sp³-hybridized carbons (Fsp3) is 0.300. The second-order valence-corrected chi connectivity index (χ2v) is 9.52. The van der Waals surface area contributed by atoms with Crippen molar-refractivity contribution in [3.63, 3.8) is 0 Å². The first-order chi connectivity index (χ1) is 13.4. The Hall–Kier alpha value is -3.07. The molecule has 156 valence electrons. The van der Waals surface area contributed by atoms with Gasteiger partial charge in [0, 0.05) is 11.3 Å². The van der Waals surface area contributed by atoms with Crippen LogP contribution in [0.15, 0.2) is 47.4 Å². The van der Waals surface area contributed by atoms with Crippen LogP contribution in [0.1, 0.15) is 38.1 Å². The highest BCUT2D eigenvalue weighted by Crippen LogP contribution is 2.27. The van der Waals surface area contributed by atoms with Crippen molar-refractivity contribution in [2.45, 2.75) is 38.2 Å². The van der Waals surface area contributed by atoms with E-state index in [0.29, 0.717) is 5.69 Å². The molecule has 9 heteroatoms. The number of benzene rings is 2. The Labute approximate surface area is 169 Å². The van der Waals surface area contributed by atoms with Gasteiger partial charge >= 0.3 is 6.09 Å². The average Bonchev–Trinajstić information content (AvgIpc) is 2.61. The number of sulfone groups is 1. The summed E-state index contributed by atoms with van der Waals surface area (Å²) in [6.45, 7) is 6.70. The molecule has 2 aromatic carbocycles. The first kappa shape index (κ1) is 22.2. The van der Waals surface area contributed by atoms with Crippen molar-refractivity contribution >= 4 is 33.2 Å². The van der Waals surface area contributed by atoms with Gasteiger partial charge in [0.15, 0.2) is 9.84 Å². The van der Waals surface area contributed by atoms with Crippen LogP contribution in [-0.4, -0.2) is 36.9 Å². The third kappa shape index (κ3) is 6.21. The summed E-state index contributed by atoms with van der Waals surface area (Å²) in [7, 11) is -3.50. The lowest BCUT2D eigenvalue weighted by Crippen LogP contribution is -2.27. The summed E-state index contributed by atoms with van der Waals surface area (Å²) >= 11 is 0. The van der Waals surface area contributed by atoms with Crippen molar-refractivity contribution < 1.29 is 27.9 Å². The number of phenolic OH excluding ortho intramolecular Hbond substituents is 1. The largest absolute Gasteiger partial charge is 0.506 e. The van der Waals surface area contributed by atoms with Gasteiger partial charge in [-0.3, -0.25) is 10.1 Å². The maximum atomic E-state index is 12.5. The van der Waals surface area contributed by atoms with Crippen LogP contribution in [0, 0.1) is 0 Å². The van der Waals surface area contributed by atoms with Gasteiger partial charge in [0.25, 0.3) is 5.91 Å². The summed E-state index contributed by atoms with van der Waals surface area (Å²) in [6.07, 6.45) is -0.662. The molecule has 2 aromatic rings. The van der Waals surface area contributed by atoms with Crippen LogP contribution >= 0.6 is 0 Å². The van der Waals surface area contributed by atoms with E-state index >= 15 is 0 Å². The lowest BCUT2D eigenvalue weighted by Gasteiger charge is -2.19. The summed E-state index contributed by atoms with van der Waals surface area (Å²) in [5.41, 5.74) is -0.157. The van der Waals surface area contributed by atoms with E-state index in [2.05, 4.69) is 10.6 Å². The molecule has 8 nitrogen and oxygen atoms in total. The van der Waals surface area contributed by atoms with Crippen molar-refractivity contribution in [2.24, 2.45) is 0 Å². The van der Waals surface area contributed by atoms with Gasteiger partial charge in [0.05, 0.1) is 16.3 Å². The van der Waals surface area contributed by atoms with E-state index in [4.69, 9.17) is 4.74 Å². The molecular weight excluding hydrogens is 396 g/mol. The third-order valence-corrected chi connectivity index (χ3v) is 5.46. The smallest absolute Gasteiger partial charge is 0.412 e. The van der Waals surface area contributed by atoms with Crippen molar-refractivity contribution in [1.82, 2.24) is 0 Å². The van der Waals surface area contributed by atoms with Crippen LogP contribution in [0.4, 0.5) is 16.2 Å². The Morgan fingerprint density at radius 1 is 1.07 bits per heavy atom. The van der Waals surface area contributed by atoms with Crippen molar-refractivity contribution in [3.8, 4) is 5.75 Å². The summed E-state index contributed by atoms with van der Waals surface area (Å²) in [5, 5.41) is 15.0. The molecule has 0 fully saturated rings. The molecule has 2 amide bonds. The monoisotopic (exact) mass is 420 g/mol. The summed E-state index contributed by atoms with van der Waals surface area (Å²) in [4.78, 5) is 24.4. The minimum absolute atomic E-state index is 0.00607. The first-order valence-corrected chi connectivity index (χ1v) is 10.5. The zero-order valence-electron chi connectivity index (χ0n) is 16.6. The molecule has 0 unspecified atom stereocenters. The number of amides is 2. The number of carbonyl (C=O) groups is 2. The number of carbonyl (C=O) groups excluding carboxylic acids is 2. The Balaban J connectivity index is 2.20. The van der Waals surface area contributed by atoms with Gasteiger partial charge in [0.2, 0.25) is 0 Å². The fourth-order valence-corrected chi connectivity index (χ4v) is 3.24. The molecule has 2 rings (SSSR count). The maximum Gasteiger partial charge on any atom is 0.412 e.